The van der Waals surface area contributed by atoms with Crippen molar-refractivity contribution in [3.05, 3.63) is 0 Å². The summed E-state index contributed by atoms with van der Waals surface area (Å²) < 4.78 is 5.13. The Kier molecular flexibility index (Phi) is 5.92. The summed E-state index contributed by atoms with van der Waals surface area (Å²) in [7, 11) is 1.68. The smallest absolute Gasteiger partial charge is 0.240 e. The number of likely N-dealkylation sites (N-methyl/N-ethyl adjacent to an activating group) is 1. The summed E-state index contributed by atoms with van der Waals surface area (Å²) in [6.45, 7) is 8.58. The molecule has 1 heterocycles. The molecule has 0 aromatic heterocycles. The first kappa shape index (κ1) is 14.5. The topological polar surface area (TPSA) is 41.6 Å². The van der Waals surface area contributed by atoms with Crippen LogP contribution in [0, 0.1) is 5.92 Å². The fraction of sp³-hybridized carbons (Fsp3) is 0.923. The van der Waals surface area contributed by atoms with Crippen LogP contribution in [0.5, 0.6) is 0 Å². The average Bonchev–Trinajstić information content (AvgIpc) is 2.30. The minimum atomic E-state index is -0.00185. The van der Waals surface area contributed by atoms with Crippen LogP contribution in [0.2, 0.25) is 0 Å². The number of amides is 1. The van der Waals surface area contributed by atoms with E-state index < -0.39 is 0 Å². The molecule has 4 heteroatoms. The summed E-state index contributed by atoms with van der Waals surface area (Å²) >= 11 is 0. The van der Waals surface area contributed by atoms with Gasteiger partial charge in [-0.3, -0.25) is 4.79 Å². The van der Waals surface area contributed by atoms with E-state index in [4.69, 9.17) is 4.74 Å². The van der Waals surface area contributed by atoms with Crippen molar-refractivity contribution < 1.29 is 9.53 Å². The van der Waals surface area contributed by atoms with Gasteiger partial charge in [0.05, 0.1) is 18.7 Å². The van der Waals surface area contributed by atoms with E-state index in [2.05, 4.69) is 12.2 Å². The van der Waals surface area contributed by atoms with E-state index in [1.807, 2.05) is 18.7 Å². The highest BCUT2D eigenvalue weighted by atomic mass is 16.5. The van der Waals surface area contributed by atoms with Gasteiger partial charge in [0.15, 0.2) is 0 Å². The first-order valence-electron chi connectivity index (χ1n) is 6.62. The third kappa shape index (κ3) is 3.96. The number of carbonyl (C=O) groups is 1. The third-order valence-electron chi connectivity index (χ3n) is 3.53. The van der Waals surface area contributed by atoms with Crippen molar-refractivity contribution in [3.8, 4) is 0 Å². The molecule has 0 spiro atoms. The second-order valence-corrected chi connectivity index (χ2v) is 5.06. The molecular weight excluding hydrogens is 216 g/mol. The highest BCUT2D eigenvalue weighted by Gasteiger charge is 2.29. The van der Waals surface area contributed by atoms with Gasteiger partial charge in [-0.15, -0.1) is 0 Å². The number of ether oxygens (including phenoxy) is 1. The molecule has 17 heavy (non-hydrogen) atoms. The van der Waals surface area contributed by atoms with Crippen molar-refractivity contribution in [2.24, 2.45) is 5.92 Å². The van der Waals surface area contributed by atoms with E-state index in [0.717, 1.165) is 19.5 Å². The molecule has 0 saturated carbocycles. The largest absolute Gasteiger partial charge is 0.383 e. The summed E-state index contributed by atoms with van der Waals surface area (Å²) in [4.78, 5) is 14.3. The number of hydrogen-bond donors (Lipinski definition) is 1. The van der Waals surface area contributed by atoms with Crippen molar-refractivity contribution in [1.82, 2.24) is 10.2 Å². The summed E-state index contributed by atoms with van der Waals surface area (Å²) in [5, 5.41) is 3.33. The van der Waals surface area contributed by atoms with Gasteiger partial charge in [-0.05, 0) is 39.2 Å². The molecule has 1 N–H and O–H groups in total. The van der Waals surface area contributed by atoms with Crippen LogP contribution in [0.4, 0.5) is 0 Å². The van der Waals surface area contributed by atoms with E-state index in [1.54, 1.807) is 7.11 Å². The zero-order valence-electron chi connectivity index (χ0n) is 11.5. The number of hydrogen-bond acceptors (Lipinski definition) is 3. The molecule has 4 nitrogen and oxygen atoms in total. The first-order valence-corrected chi connectivity index (χ1v) is 6.62. The van der Waals surface area contributed by atoms with E-state index in [-0.39, 0.29) is 18.0 Å². The van der Waals surface area contributed by atoms with Crippen LogP contribution < -0.4 is 5.32 Å². The lowest BCUT2D eigenvalue weighted by Gasteiger charge is -2.34. The highest BCUT2D eigenvalue weighted by molar-refractivity contribution is 5.82. The second kappa shape index (κ2) is 6.97. The lowest BCUT2D eigenvalue weighted by molar-refractivity contribution is -0.137. The Morgan fingerprint density at radius 3 is 2.82 bits per heavy atom. The fourth-order valence-corrected chi connectivity index (χ4v) is 2.51. The predicted molar refractivity (Wildman–Crippen MR) is 68.9 cm³/mol. The Morgan fingerprint density at radius 1 is 1.59 bits per heavy atom. The van der Waals surface area contributed by atoms with Gasteiger partial charge in [0.1, 0.15) is 0 Å². The van der Waals surface area contributed by atoms with Crippen LogP contribution in [-0.2, 0) is 9.53 Å². The minimum Gasteiger partial charge on any atom is -0.383 e. The average molecular weight is 242 g/mol. The molecule has 1 saturated heterocycles. The SMILES string of the molecule is CCN(C(=O)C1CC(C)CCN1)C(C)COC. The molecule has 3 unspecified atom stereocenters. The molecule has 1 aliphatic heterocycles. The molecule has 100 valence electrons. The van der Waals surface area contributed by atoms with E-state index in [9.17, 15) is 4.79 Å². The van der Waals surface area contributed by atoms with Gasteiger partial charge in [-0.1, -0.05) is 6.92 Å². The number of piperidine rings is 1. The Morgan fingerprint density at radius 2 is 2.29 bits per heavy atom. The van der Waals surface area contributed by atoms with Crippen LogP contribution >= 0.6 is 0 Å². The lowest BCUT2D eigenvalue weighted by atomic mass is 9.93. The molecule has 0 aromatic rings. The molecular formula is C13H26N2O2. The van der Waals surface area contributed by atoms with Gasteiger partial charge >= 0.3 is 0 Å². The van der Waals surface area contributed by atoms with Crippen LogP contribution in [0.3, 0.4) is 0 Å². The van der Waals surface area contributed by atoms with Crippen LogP contribution in [0.1, 0.15) is 33.6 Å². The van der Waals surface area contributed by atoms with Crippen LogP contribution in [0.15, 0.2) is 0 Å². The Hall–Kier alpha value is -0.610. The van der Waals surface area contributed by atoms with E-state index in [0.29, 0.717) is 12.5 Å². The quantitative estimate of drug-likeness (QED) is 0.789. The highest BCUT2D eigenvalue weighted by Crippen LogP contribution is 2.17. The monoisotopic (exact) mass is 242 g/mol. The van der Waals surface area contributed by atoms with Gasteiger partial charge in [0, 0.05) is 13.7 Å². The normalized spacial score (nSPS) is 26.6. The first-order chi connectivity index (χ1) is 8.10. The van der Waals surface area contributed by atoms with Crippen molar-refractivity contribution in [3.63, 3.8) is 0 Å². The van der Waals surface area contributed by atoms with Gasteiger partial charge in [-0.25, -0.2) is 0 Å². The Labute approximate surface area is 105 Å². The van der Waals surface area contributed by atoms with E-state index >= 15 is 0 Å². The van der Waals surface area contributed by atoms with Crippen LogP contribution in [0.25, 0.3) is 0 Å². The molecule has 1 aliphatic rings. The maximum Gasteiger partial charge on any atom is 0.240 e. The minimum absolute atomic E-state index is 0.00185. The second-order valence-electron chi connectivity index (χ2n) is 5.06. The van der Waals surface area contributed by atoms with Crippen LogP contribution in [-0.4, -0.2) is 49.7 Å². The Balaban J connectivity index is 2.58. The zero-order chi connectivity index (χ0) is 12.8. The van der Waals surface area contributed by atoms with Gasteiger partial charge in [-0.2, -0.15) is 0 Å². The molecule has 1 amide bonds. The molecule has 3 atom stereocenters. The lowest BCUT2D eigenvalue weighted by Crippen LogP contribution is -2.53. The summed E-state index contributed by atoms with van der Waals surface area (Å²) in [5.74, 6) is 0.866. The summed E-state index contributed by atoms with van der Waals surface area (Å²) in [5.41, 5.74) is 0. The standard InChI is InChI=1S/C13H26N2O2/c1-5-15(11(3)9-17-4)13(16)12-8-10(2)6-7-14-12/h10-12,14H,5-9H2,1-4H3. The number of methoxy groups -OCH3 is 1. The number of nitrogens with zero attached hydrogens (tertiary/aromatic N) is 1. The Bertz CT molecular complexity index is 246. The van der Waals surface area contributed by atoms with E-state index in [1.165, 1.54) is 6.42 Å². The molecule has 0 bridgehead atoms. The van der Waals surface area contributed by atoms with Crippen molar-refractivity contribution >= 4 is 5.91 Å². The number of carbonyl (C=O) groups excluding carboxylic acids is 1. The maximum atomic E-state index is 12.4. The molecule has 1 fully saturated rings. The molecule has 0 aliphatic carbocycles. The van der Waals surface area contributed by atoms with Crippen molar-refractivity contribution in [2.75, 3.05) is 26.8 Å². The fourth-order valence-electron chi connectivity index (χ4n) is 2.51. The maximum absolute atomic E-state index is 12.4. The van der Waals surface area contributed by atoms with Crippen molar-refractivity contribution in [2.45, 2.75) is 45.7 Å². The van der Waals surface area contributed by atoms with Gasteiger partial charge < -0.3 is 15.0 Å². The molecule has 1 rings (SSSR count). The van der Waals surface area contributed by atoms with Crippen molar-refractivity contribution in [1.29, 1.82) is 0 Å². The number of rotatable bonds is 5. The molecule has 0 radical (unpaired) electrons. The summed E-state index contributed by atoms with van der Waals surface area (Å²) in [6, 6.07) is 0.148. The zero-order valence-corrected chi connectivity index (χ0v) is 11.5. The predicted octanol–water partition coefficient (Wildman–Crippen LogP) is 1.26. The van der Waals surface area contributed by atoms with Gasteiger partial charge in [0.2, 0.25) is 5.91 Å². The molecule has 0 aromatic carbocycles. The third-order valence-corrected chi connectivity index (χ3v) is 3.53. The summed E-state index contributed by atoms with van der Waals surface area (Å²) in [6.07, 6.45) is 2.12. The van der Waals surface area contributed by atoms with Gasteiger partial charge in [0.25, 0.3) is 0 Å². The number of nitrogens with one attached hydrogen (secondary N) is 1.